The fraction of sp³-hybridized carbons (Fsp3) is 0.412. The number of carbonyl (C=O) groups excluding carboxylic acids is 1. The van der Waals surface area contributed by atoms with Crippen LogP contribution in [0.25, 0.3) is 0 Å². The number of rotatable bonds is 6. The van der Waals surface area contributed by atoms with Gasteiger partial charge in [0.2, 0.25) is 0 Å². The van der Waals surface area contributed by atoms with Crippen molar-refractivity contribution in [2.75, 3.05) is 6.54 Å². The first-order valence-corrected chi connectivity index (χ1v) is 7.61. The Balaban J connectivity index is 1.96. The Kier molecular flexibility index (Phi) is 5.50. The van der Waals surface area contributed by atoms with Crippen molar-refractivity contribution in [1.29, 1.82) is 0 Å². The number of nitrogens with zero attached hydrogens (tertiary/aromatic N) is 2. The first kappa shape index (κ1) is 17.1. The number of hydrogen-bond acceptors (Lipinski definition) is 3. The van der Waals surface area contributed by atoms with Crippen LogP contribution in [0.1, 0.15) is 41.7 Å². The lowest BCUT2D eigenvalue weighted by molar-refractivity contribution is 0.0907. The highest BCUT2D eigenvalue weighted by Crippen LogP contribution is 2.13. The molecule has 1 heterocycles. The zero-order valence-corrected chi connectivity index (χ0v) is 13.6. The first-order chi connectivity index (χ1) is 10.9. The summed E-state index contributed by atoms with van der Waals surface area (Å²) in [5, 5.41) is 17.0. The Hall–Kier alpha value is -2.21. The highest BCUT2D eigenvalue weighted by Gasteiger charge is 2.15. The maximum Gasteiger partial charge on any atom is 0.269 e. The van der Waals surface area contributed by atoms with Crippen LogP contribution in [0.4, 0.5) is 4.39 Å². The fourth-order valence-corrected chi connectivity index (χ4v) is 2.34. The van der Waals surface area contributed by atoms with Crippen molar-refractivity contribution < 1.29 is 14.3 Å². The molecule has 5 nitrogen and oxygen atoms in total. The molecule has 0 bridgehead atoms. The largest absolute Gasteiger partial charge is 0.387 e. The summed E-state index contributed by atoms with van der Waals surface area (Å²) in [5.74, 6) is -0.199. The van der Waals surface area contributed by atoms with Gasteiger partial charge in [-0.2, -0.15) is 5.10 Å². The van der Waals surface area contributed by atoms with Gasteiger partial charge >= 0.3 is 0 Å². The molecule has 0 aliphatic heterocycles. The zero-order chi connectivity index (χ0) is 17.0. The SMILES string of the molecule is CC(C)Cc1cc(C(=O)NC[C@H](O)c2ccc(F)cc2)n(C)n1. The van der Waals surface area contributed by atoms with Gasteiger partial charge in [-0.3, -0.25) is 9.48 Å². The summed E-state index contributed by atoms with van der Waals surface area (Å²) in [6, 6.07) is 7.31. The van der Waals surface area contributed by atoms with E-state index in [-0.39, 0.29) is 18.3 Å². The molecule has 0 spiro atoms. The molecule has 2 N–H and O–H groups in total. The molecule has 124 valence electrons. The fourth-order valence-electron chi connectivity index (χ4n) is 2.34. The number of benzene rings is 1. The topological polar surface area (TPSA) is 67.2 Å². The predicted octanol–water partition coefficient (Wildman–Crippen LogP) is 2.22. The smallest absolute Gasteiger partial charge is 0.269 e. The third-order valence-electron chi connectivity index (χ3n) is 3.49. The van der Waals surface area contributed by atoms with Gasteiger partial charge in [0, 0.05) is 13.6 Å². The molecule has 0 saturated heterocycles. The van der Waals surface area contributed by atoms with Crippen LogP contribution in [0.5, 0.6) is 0 Å². The van der Waals surface area contributed by atoms with E-state index in [2.05, 4.69) is 24.3 Å². The minimum atomic E-state index is -0.886. The number of nitrogens with one attached hydrogen (secondary N) is 1. The Bertz CT molecular complexity index is 665. The van der Waals surface area contributed by atoms with E-state index in [0.717, 1.165) is 12.1 Å². The molecule has 0 saturated carbocycles. The van der Waals surface area contributed by atoms with Crippen molar-refractivity contribution in [3.8, 4) is 0 Å². The molecule has 2 rings (SSSR count). The van der Waals surface area contributed by atoms with Gasteiger partial charge in [0.25, 0.3) is 5.91 Å². The third kappa shape index (κ3) is 4.63. The molecule has 0 unspecified atom stereocenters. The molecule has 1 atom stereocenters. The molecule has 1 aromatic heterocycles. The van der Waals surface area contributed by atoms with Gasteiger partial charge in [0.05, 0.1) is 11.8 Å². The lowest BCUT2D eigenvalue weighted by Gasteiger charge is -2.12. The normalized spacial score (nSPS) is 12.4. The van der Waals surface area contributed by atoms with Crippen LogP contribution >= 0.6 is 0 Å². The van der Waals surface area contributed by atoms with Crippen LogP contribution in [-0.2, 0) is 13.5 Å². The minimum absolute atomic E-state index is 0.0508. The molecule has 0 radical (unpaired) electrons. The molecule has 0 fully saturated rings. The van der Waals surface area contributed by atoms with Crippen LogP contribution < -0.4 is 5.32 Å². The molecule has 0 aliphatic carbocycles. The van der Waals surface area contributed by atoms with Crippen LogP contribution in [0, 0.1) is 11.7 Å². The van der Waals surface area contributed by atoms with Crippen LogP contribution in [0.2, 0.25) is 0 Å². The van der Waals surface area contributed by atoms with Crippen molar-refractivity contribution in [3.05, 3.63) is 53.1 Å². The summed E-state index contributed by atoms with van der Waals surface area (Å²) in [5.41, 5.74) is 1.87. The van der Waals surface area contributed by atoms with E-state index in [0.29, 0.717) is 17.2 Å². The third-order valence-corrected chi connectivity index (χ3v) is 3.49. The van der Waals surface area contributed by atoms with Crippen molar-refractivity contribution in [2.45, 2.75) is 26.4 Å². The molecule has 2 aromatic rings. The average Bonchev–Trinajstić information content (AvgIpc) is 2.85. The molecule has 6 heteroatoms. The molecule has 0 aliphatic rings. The lowest BCUT2D eigenvalue weighted by Crippen LogP contribution is -2.29. The van der Waals surface area contributed by atoms with E-state index in [9.17, 15) is 14.3 Å². The monoisotopic (exact) mass is 319 g/mol. The van der Waals surface area contributed by atoms with Gasteiger partial charge in [-0.15, -0.1) is 0 Å². The quantitative estimate of drug-likeness (QED) is 0.858. The van der Waals surface area contributed by atoms with E-state index < -0.39 is 6.10 Å². The molecule has 1 amide bonds. The molecular weight excluding hydrogens is 297 g/mol. The number of amides is 1. The highest BCUT2D eigenvalue weighted by molar-refractivity contribution is 5.92. The van der Waals surface area contributed by atoms with Crippen molar-refractivity contribution in [2.24, 2.45) is 13.0 Å². The average molecular weight is 319 g/mol. The summed E-state index contributed by atoms with van der Waals surface area (Å²) < 4.78 is 14.4. The molecule has 23 heavy (non-hydrogen) atoms. The van der Waals surface area contributed by atoms with E-state index in [1.54, 1.807) is 13.1 Å². The van der Waals surface area contributed by atoms with E-state index in [4.69, 9.17) is 0 Å². The standard InChI is InChI=1S/C17H22FN3O2/c1-11(2)8-14-9-15(21(3)20-14)17(23)19-10-16(22)12-4-6-13(18)7-5-12/h4-7,9,11,16,22H,8,10H2,1-3H3,(H,19,23)/t16-/m0/s1. The van der Waals surface area contributed by atoms with Crippen LogP contribution in [-0.4, -0.2) is 27.3 Å². The van der Waals surface area contributed by atoms with Crippen molar-refractivity contribution in [1.82, 2.24) is 15.1 Å². The minimum Gasteiger partial charge on any atom is -0.387 e. The number of aryl methyl sites for hydroxylation is 1. The summed E-state index contributed by atoms with van der Waals surface area (Å²) >= 11 is 0. The van der Waals surface area contributed by atoms with Gasteiger partial charge in [0.1, 0.15) is 11.5 Å². The van der Waals surface area contributed by atoms with E-state index in [1.165, 1.54) is 28.9 Å². The maximum absolute atomic E-state index is 12.9. The van der Waals surface area contributed by atoms with Gasteiger partial charge in [-0.1, -0.05) is 26.0 Å². The van der Waals surface area contributed by atoms with Gasteiger partial charge < -0.3 is 10.4 Å². The Labute approximate surface area is 135 Å². The number of aliphatic hydroxyl groups excluding tert-OH is 1. The van der Waals surface area contributed by atoms with Crippen LogP contribution in [0.15, 0.2) is 30.3 Å². The Morgan fingerprint density at radius 2 is 2.00 bits per heavy atom. The van der Waals surface area contributed by atoms with Gasteiger partial charge in [0.15, 0.2) is 0 Å². The van der Waals surface area contributed by atoms with Gasteiger partial charge in [-0.25, -0.2) is 4.39 Å². The number of halogens is 1. The second-order valence-corrected chi connectivity index (χ2v) is 6.02. The summed E-state index contributed by atoms with van der Waals surface area (Å²) in [6.45, 7) is 4.23. The number of aromatic nitrogens is 2. The number of hydrogen-bond donors (Lipinski definition) is 2. The second kappa shape index (κ2) is 7.37. The molecule has 1 aromatic carbocycles. The second-order valence-electron chi connectivity index (χ2n) is 6.02. The summed E-state index contributed by atoms with van der Waals surface area (Å²) in [4.78, 5) is 12.2. The summed E-state index contributed by atoms with van der Waals surface area (Å²) in [7, 11) is 1.72. The van der Waals surface area contributed by atoms with E-state index in [1.807, 2.05) is 0 Å². The van der Waals surface area contributed by atoms with Crippen LogP contribution in [0.3, 0.4) is 0 Å². The number of carbonyl (C=O) groups is 1. The van der Waals surface area contributed by atoms with E-state index >= 15 is 0 Å². The Morgan fingerprint density at radius 1 is 1.35 bits per heavy atom. The van der Waals surface area contributed by atoms with Crippen molar-refractivity contribution >= 4 is 5.91 Å². The highest BCUT2D eigenvalue weighted by atomic mass is 19.1. The maximum atomic E-state index is 12.9. The lowest BCUT2D eigenvalue weighted by atomic mass is 10.1. The zero-order valence-electron chi connectivity index (χ0n) is 13.6. The predicted molar refractivity (Wildman–Crippen MR) is 85.4 cm³/mol. The number of aliphatic hydroxyl groups is 1. The first-order valence-electron chi connectivity index (χ1n) is 7.61. The van der Waals surface area contributed by atoms with Gasteiger partial charge in [-0.05, 0) is 36.1 Å². The Morgan fingerprint density at radius 3 is 2.61 bits per heavy atom. The summed E-state index contributed by atoms with van der Waals surface area (Å²) in [6.07, 6.45) is -0.0813. The molecular formula is C17H22FN3O2. The van der Waals surface area contributed by atoms with Crippen molar-refractivity contribution in [3.63, 3.8) is 0 Å².